The molecule has 0 bridgehead atoms. The van der Waals surface area contributed by atoms with Gasteiger partial charge in [-0.3, -0.25) is 4.79 Å². The maximum absolute atomic E-state index is 12.9. The first-order chi connectivity index (χ1) is 12.2. The Morgan fingerprint density at radius 2 is 2.08 bits per heavy atom. The van der Waals surface area contributed by atoms with E-state index in [0.29, 0.717) is 11.4 Å². The van der Waals surface area contributed by atoms with E-state index < -0.39 is 5.60 Å². The van der Waals surface area contributed by atoms with Gasteiger partial charge in [-0.1, -0.05) is 12.1 Å². The number of anilines is 1. The maximum atomic E-state index is 12.9. The zero-order valence-electron chi connectivity index (χ0n) is 13.1. The van der Waals surface area contributed by atoms with Gasteiger partial charge in [-0.2, -0.15) is 10.5 Å². The quantitative estimate of drug-likeness (QED) is 0.796. The lowest BCUT2D eigenvalue weighted by molar-refractivity contribution is -0.138. The summed E-state index contributed by atoms with van der Waals surface area (Å²) in [6.45, 7) is 0.471. The Kier molecular flexibility index (Phi) is 3.29. The molecule has 2 atom stereocenters. The fourth-order valence-corrected chi connectivity index (χ4v) is 3.40. The van der Waals surface area contributed by atoms with E-state index in [0.717, 1.165) is 16.2 Å². The van der Waals surface area contributed by atoms with Crippen molar-refractivity contribution < 1.29 is 9.53 Å². The molecule has 0 radical (unpaired) electrons. The van der Waals surface area contributed by atoms with E-state index in [-0.39, 0.29) is 24.9 Å². The van der Waals surface area contributed by atoms with Gasteiger partial charge in [0.05, 0.1) is 29.8 Å². The average Bonchev–Trinajstić information content (AvgIpc) is 2.93. The zero-order valence-corrected chi connectivity index (χ0v) is 13.1. The molecule has 0 saturated carbocycles. The van der Waals surface area contributed by atoms with Gasteiger partial charge in [-0.15, -0.1) is 0 Å². The Hall–Kier alpha value is -3.58. The minimum absolute atomic E-state index is 0.227. The number of fused-ring (bicyclic) bond motifs is 1. The summed E-state index contributed by atoms with van der Waals surface area (Å²) in [6, 6.07) is 12.7. The molecule has 4 rings (SSSR count). The van der Waals surface area contributed by atoms with Gasteiger partial charge < -0.3 is 10.1 Å². The SMILES string of the molecule is N#Cc1ccc(C2CN(C#N)C(=O)[C@@]23CNc2cccnc2O3)cc1. The summed E-state index contributed by atoms with van der Waals surface area (Å²) in [4.78, 5) is 18.2. The molecule has 122 valence electrons. The lowest BCUT2D eigenvalue weighted by Gasteiger charge is -2.37. The Bertz CT molecular complexity index is 928. The number of nitrogens with zero attached hydrogens (tertiary/aromatic N) is 4. The van der Waals surface area contributed by atoms with Crippen LogP contribution in [0.15, 0.2) is 42.6 Å². The largest absolute Gasteiger partial charge is 0.457 e. The molecule has 1 amide bonds. The van der Waals surface area contributed by atoms with E-state index in [4.69, 9.17) is 10.00 Å². The van der Waals surface area contributed by atoms with Gasteiger partial charge in [0.2, 0.25) is 11.5 Å². The molecule has 2 aliphatic heterocycles. The number of nitrogens with one attached hydrogen (secondary N) is 1. The van der Waals surface area contributed by atoms with Crippen molar-refractivity contribution in [1.82, 2.24) is 9.88 Å². The molecule has 1 aromatic carbocycles. The van der Waals surface area contributed by atoms with Crippen LogP contribution >= 0.6 is 0 Å². The monoisotopic (exact) mass is 331 g/mol. The molecule has 7 heteroatoms. The van der Waals surface area contributed by atoms with Crippen LogP contribution in [0, 0.1) is 22.8 Å². The number of nitriles is 2. The summed E-state index contributed by atoms with van der Waals surface area (Å²) < 4.78 is 6.07. The second-order valence-electron chi connectivity index (χ2n) is 6.00. The van der Waals surface area contributed by atoms with Crippen LogP contribution in [0.1, 0.15) is 17.0 Å². The molecule has 7 nitrogen and oxygen atoms in total. The third-order valence-electron chi connectivity index (χ3n) is 4.69. The summed E-state index contributed by atoms with van der Waals surface area (Å²) in [6.07, 6.45) is 3.53. The lowest BCUT2D eigenvalue weighted by Crippen LogP contribution is -2.54. The van der Waals surface area contributed by atoms with Crippen molar-refractivity contribution in [3.63, 3.8) is 0 Å². The van der Waals surface area contributed by atoms with Gasteiger partial charge in [0.15, 0.2) is 6.19 Å². The standard InChI is InChI=1S/C18H13N5O2/c19-8-12-3-5-13(6-4-12)14-9-23(11-20)17(24)18(14)10-22-15-2-1-7-21-16(15)25-18/h1-7,14,22H,9-10H2/t14?,18-/m1/s1. The fourth-order valence-electron chi connectivity index (χ4n) is 3.40. The first-order valence-electron chi connectivity index (χ1n) is 7.77. The Balaban J connectivity index is 1.79. The highest BCUT2D eigenvalue weighted by Crippen LogP contribution is 2.44. The predicted octanol–water partition coefficient (Wildman–Crippen LogP) is 1.60. The molecular formula is C18H13N5O2. The second-order valence-corrected chi connectivity index (χ2v) is 6.00. The van der Waals surface area contributed by atoms with Crippen molar-refractivity contribution >= 4 is 11.6 Å². The number of amides is 1. The van der Waals surface area contributed by atoms with Crippen molar-refractivity contribution in [3.8, 4) is 18.1 Å². The Morgan fingerprint density at radius 3 is 2.80 bits per heavy atom. The zero-order chi connectivity index (χ0) is 17.4. The molecule has 1 saturated heterocycles. The topological polar surface area (TPSA) is 102 Å². The number of rotatable bonds is 1. The van der Waals surface area contributed by atoms with Crippen molar-refractivity contribution in [3.05, 3.63) is 53.7 Å². The molecule has 2 aromatic rings. The molecule has 1 N–H and O–H groups in total. The molecule has 25 heavy (non-hydrogen) atoms. The van der Waals surface area contributed by atoms with Crippen LogP contribution in [0.5, 0.6) is 5.88 Å². The first kappa shape index (κ1) is 15.0. The van der Waals surface area contributed by atoms with E-state index >= 15 is 0 Å². The number of hydrogen-bond acceptors (Lipinski definition) is 6. The molecular weight excluding hydrogens is 318 g/mol. The Morgan fingerprint density at radius 1 is 1.28 bits per heavy atom. The highest BCUT2D eigenvalue weighted by atomic mass is 16.5. The van der Waals surface area contributed by atoms with E-state index in [9.17, 15) is 10.1 Å². The summed E-state index contributed by atoms with van der Waals surface area (Å²) in [5.74, 6) is -0.385. The van der Waals surface area contributed by atoms with E-state index in [2.05, 4.69) is 16.4 Å². The van der Waals surface area contributed by atoms with Crippen LogP contribution in [0.4, 0.5) is 5.69 Å². The highest BCUT2D eigenvalue weighted by molar-refractivity contribution is 5.92. The van der Waals surface area contributed by atoms with Gasteiger partial charge in [0.1, 0.15) is 0 Å². The summed E-state index contributed by atoms with van der Waals surface area (Å²) >= 11 is 0. The maximum Gasteiger partial charge on any atom is 0.282 e. The van der Waals surface area contributed by atoms with Crippen LogP contribution in [0.2, 0.25) is 0 Å². The number of hydrogen-bond donors (Lipinski definition) is 1. The number of carbonyl (C=O) groups excluding carboxylic acids is 1. The minimum Gasteiger partial charge on any atom is -0.457 e. The third-order valence-corrected chi connectivity index (χ3v) is 4.69. The number of likely N-dealkylation sites (tertiary alicyclic amines) is 1. The van der Waals surface area contributed by atoms with Crippen molar-refractivity contribution in [2.24, 2.45) is 0 Å². The van der Waals surface area contributed by atoms with Crippen LogP contribution in [0.3, 0.4) is 0 Å². The van der Waals surface area contributed by atoms with E-state index in [1.54, 1.807) is 36.5 Å². The molecule has 1 spiro atoms. The summed E-state index contributed by atoms with van der Waals surface area (Å²) in [7, 11) is 0. The number of pyridine rings is 1. The van der Waals surface area contributed by atoms with Gasteiger partial charge in [0, 0.05) is 12.7 Å². The minimum atomic E-state index is -1.23. The highest BCUT2D eigenvalue weighted by Gasteiger charge is 2.59. The molecule has 0 aliphatic carbocycles. The third kappa shape index (κ3) is 2.18. The molecule has 3 heterocycles. The lowest BCUT2D eigenvalue weighted by atomic mass is 9.83. The predicted molar refractivity (Wildman–Crippen MR) is 87.3 cm³/mol. The van der Waals surface area contributed by atoms with E-state index in [1.807, 2.05) is 12.3 Å². The van der Waals surface area contributed by atoms with Gasteiger partial charge in [-0.25, -0.2) is 9.88 Å². The molecule has 1 aromatic heterocycles. The van der Waals surface area contributed by atoms with Gasteiger partial charge in [-0.05, 0) is 29.8 Å². The summed E-state index contributed by atoms with van der Waals surface area (Å²) in [5.41, 5.74) is 0.862. The van der Waals surface area contributed by atoms with Crippen LogP contribution < -0.4 is 10.1 Å². The van der Waals surface area contributed by atoms with Crippen LogP contribution in [0.25, 0.3) is 0 Å². The Labute approximate surface area is 144 Å². The average molecular weight is 331 g/mol. The van der Waals surface area contributed by atoms with Crippen molar-refractivity contribution in [1.29, 1.82) is 10.5 Å². The normalized spacial score (nSPS) is 24.0. The number of aromatic nitrogens is 1. The van der Waals surface area contributed by atoms with Crippen LogP contribution in [-0.4, -0.2) is 34.5 Å². The number of carbonyl (C=O) groups is 1. The second kappa shape index (κ2) is 5.50. The van der Waals surface area contributed by atoms with Gasteiger partial charge in [0.25, 0.3) is 5.91 Å². The van der Waals surface area contributed by atoms with Crippen LogP contribution in [-0.2, 0) is 4.79 Å². The van der Waals surface area contributed by atoms with Crippen molar-refractivity contribution in [2.75, 3.05) is 18.4 Å². The summed E-state index contributed by atoms with van der Waals surface area (Å²) in [5, 5.41) is 21.5. The fraction of sp³-hybridized carbons (Fsp3) is 0.222. The number of ether oxygens (including phenoxy) is 1. The molecule has 1 fully saturated rings. The smallest absolute Gasteiger partial charge is 0.282 e. The van der Waals surface area contributed by atoms with Crippen molar-refractivity contribution in [2.45, 2.75) is 11.5 Å². The number of benzene rings is 1. The van der Waals surface area contributed by atoms with E-state index in [1.165, 1.54) is 0 Å². The molecule has 2 aliphatic rings. The van der Waals surface area contributed by atoms with Gasteiger partial charge >= 0.3 is 0 Å². The molecule has 1 unspecified atom stereocenters. The first-order valence-corrected chi connectivity index (χ1v) is 7.77.